The predicted molar refractivity (Wildman–Crippen MR) is 73.5 cm³/mol. The van der Waals surface area contributed by atoms with E-state index < -0.39 is 5.97 Å². The Labute approximate surface area is 114 Å². The fourth-order valence-electron chi connectivity index (χ4n) is 1.43. The molecule has 0 bridgehead atoms. The maximum atomic E-state index is 11.6. The molecule has 0 radical (unpaired) electrons. The number of nitrogens with zero attached hydrogens (tertiary/aromatic N) is 2. The fourth-order valence-corrected chi connectivity index (χ4v) is 3.00. The second-order valence-corrected chi connectivity index (χ2v) is 6.03. The first-order valence-corrected chi connectivity index (χ1v) is 7.79. The predicted octanol–water partition coefficient (Wildman–Crippen LogP) is 1.45. The minimum atomic E-state index is -0.920. The molecule has 1 atom stereocenters. The van der Waals surface area contributed by atoms with Crippen molar-refractivity contribution in [3.63, 3.8) is 0 Å². The summed E-state index contributed by atoms with van der Waals surface area (Å²) in [6.45, 7) is 4.03. The molecule has 0 aliphatic heterocycles. The zero-order valence-electron chi connectivity index (χ0n) is 10.4. The molecule has 0 aliphatic carbocycles. The van der Waals surface area contributed by atoms with Crippen molar-refractivity contribution in [2.24, 2.45) is 0 Å². The Morgan fingerprint density at radius 3 is 2.94 bits per heavy atom. The minimum absolute atomic E-state index is 0.0200. The first-order chi connectivity index (χ1) is 8.56. The molecule has 0 saturated carbocycles. The van der Waals surface area contributed by atoms with E-state index in [0.717, 1.165) is 29.7 Å². The van der Waals surface area contributed by atoms with E-state index in [1.54, 1.807) is 0 Å². The average Bonchev–Trinajstić information content (AvgIpc) is 2.68. The Morgan fingerprint density at radius 2 is 2.33 bits per heavy atom. The number of aromatic amines is 1. The quantitative estimate of drug-likeness (QED) is 0.557. The van der Waals surface area contributed by atoms with Crippen LogP contribution >= 0.6 is 23.5 Å². The van der Waals surface area contributed by atoms with Gasteiger partial charge in [0.2, 0.25) is 0 Å². The SMILES string of the molecule is CCSCCC(C)n1c(SCC(=O)O)n[nH]c1=O. The van der Waals surface area contributed by atoms with Crippen LogP contribution in [0.25, 0.3) is 0 Å². The van der Waals surface area contributed by atoms with Crippen LogP contribution in [0.3, 0.4) is 0 Å². The molecule has 18 heavy (non-hydrogen) atoms. The van der Waals surface area contributed by atoms with Crippen molar-refractivity contribution >= 4 is 29.5 Å². The zero-order chi connectivity index (χ0) is 13.5. The second-order valence-electron chi connectivity index (χ2n) is 3.70. The Balaban J connectivity index is 2.70. The lowest BCUT2D eigenvalue weighted by Gasteiger charge is -2.13. The zero-order valence-corrected chi connectivity index (χ0v) is 12.0. The Bertz CT molecular complexity index is 444. The molecule has 2 N–H and O–H groups in total. The molecule has 0 amide bonds. The highest BCUT2D eigenvalue weighted by Gasteiger charge is 2.15. The summed E-state index contributed by atoms with van der Waals surface area (Å²) in [6, 6.07) is 0.0200. The average molecular weight is 291 g/mol. The van der Waals surface area contributed by atoms with Crippen LogP contribution in [0.1, 0.15) is 26.3 Å². The van der Waals surface area contributed by atoms with Gasteiger partial charge in [-0.15, -0.1) is 5.10 Å². The van der Waals surface area contributed by atoms with Crippen LogP contribution in [0.4, 0.5) is 0 Å². The molecule has 0 spiro atoms. The summed E-state index contributed by atoms with van der Waals surface area (Å²) in [5, 5.41) is 15.3. The standard InChI is InChI=1S/C10H17N3O3S2/c1-3-17-5-4-7(2)13-9(16)11-12-10(13)18-6-8(14)15/h7H,3-6H2,1-2H3,(H,11,16)(H,14,15). The lowest BCUT2D eigenvalue weighted by molar-refractivity contribution is -0.133. The lowest BCUT2D eigenvalue weighted by Crippen LogP contribution is -2.22. The summed E-state index contributed by atoms with van der Waals surface area (Å²) in [5.41, 5.74) is -0.281. The van der Waals surface area contributed by atoms with Gasteiger partial charge in [0.1, 0.15) is 0 Å². The molecule has 1 rings (SSSR count). The van der Waals surface area contributed by atoms with Gasteiger partial charge >= 0.3 is 11.7 Å². The molecule has 102 valence electrons. The van der Waals surface area contributed by atoms with E-state index in [2.05, 4.69) is 17.1 Å². The first-order valence-electron chi connectivity index (χ1n) is 5.65. The summed E-state index contributed by atoms with van der Waals surface area (Å²) < 4.78 is 1.53. The summed E-state index contributed by atoms with van der Waals surface area (Å²) >= 11 is 2.87. The van der Waals surface area contributed by atoms with Crippen LogP contribution in [0.2, 0.25) is 0 Å². The molecule has 0 aliphatic rings. The molecule has 6 nitrogen and oxygen atoms in total. The highest BCUT2D eigenvalue weighted by atomic mass is 32.2. The number of aliphatic carboxylic acids is 1. The normalized spacial score (nSPS) is 12.6. The van der Waals surface area contributed by atoms with Crippen LogP contribution in [-0.2, 0) is 4.79 Å². The highest BCUT2D eigenvalue weighted by molar-refractivity contribution is 7.99. The summed E-state index contributed by atoms with van der Waals surface area (Å²) in [6.07, 6.45) is 0.860. The van der Waals surface area contributed by atoms with Crippen molar-refractivity contribution in [2.75, 3.05) is 17.3 Å². The van der Waals surface area contributed by atoms with Gasteiger partial charge in [-0.2, -0.15) is 11.8 Å². The molecule has 1 unspecified atom stereocenters. The van der Waals surface area contributed by atoms with E-state index in [9.17, 15) is 9.59 Å². The maximum absolute atomic E-state index is 11.6. The van der Waals surface area contributed by atoms with Crippen molar-refractivity contribution < 1.29 is 9.90 Å². The van der Waals surface area contributed by atoms with E-state index in [4.69, 9.17) is 5.11 Å². The third-order valence-electron chi connectivity index (χ3n) is 2.32. The first kappa shape index (κ1) is 15.2. The van der Waals surface area contributed by atoms with Crippen molar-refractivity contribution in [3.05, 3.63) is 10.5 Å². The van der Waals surface area contributed by atoms with Crippen molar-refractivity contribution in [2.45, 2.75) is 31.5 Å². The van der Waals surface area contributed by atoms with E-state index in [1.807, 2.05) is 18.7 Å². The number of thioether (sulfide) groups is 2. The molecule has 8 heteroatoms. The van der Waals surface area contributed by atoms with Gasteiger partial charge in [-0.1, -0.05) is 18.7 Å². The molecular weight excluding hydrogens is 274 g/mol. The van der Waals surface area contributed by atoms with Crippen LogP contribution in [0, 0.1) is 0 Å². The number of hydrogen-bond donors (Lipinski definition) is 2. The van der Waals surface area contributed by atoms with Gasteiger partial charge in [0.05, 0.1) is 5.75 Å². The molecule has 1 heterocycles. The van der Waals surface area contributed by atoms with Gasteiger partial charge in [-0.05, 0) is 24.9 Å². The number of carboxylic acid groups (broad SMARTS) is 1. The smallest absolute Gasteiger partial charge is 0.344 e. The second kappa shape index (κ2) is 7.52. The lowest BCUT2D eigenvalue weighted by atomic mass is 10.3. The topological polar surface area (TPSA) is 88.0 Å². The minimum Gasteiger partial charge on any atom is -0.481 e. The Morgan fingerprint density at radius 1 is 1.61 bits per heavy atom. The van der Waals surface area contributed by atoms with E-state index in [1.165, 1.54) is 4.57 Å². The van der Waals surface area contributed by atoms with Crippen molar-refractivity contribution in [1.82, 2.24) is 14.8 Å². The fraction of sp³-hybridized carbons (Fsp3) is 0.700. The van der Waals surface area contributed by atoms with Gasteiger partial charge in [-0.3, -0.25) is 9.36 Å². The van der Waals surface area contributed by atoms with Crippen LogP contribution in [0.15, 0.2) is 9.95 Å². The van der Waals surface area contributed by atoms with Crippen molar-refractivity contribution in [3.8, 4) is 0 Å². The van der Waals surface area contributed by atoms with Crippen molar-refractivity contribution in [1.29, 1.82) is 0 Å². The Kier molecular flexibility index (Phi) is 6.34. The molecule has 1 aromatic rings. The number of carboxylic acids is 1. The third kappa shape index (κ3) is 4.41. The van der Waals surface area contributed by atoms with Gasteiger partial charge in [0.15, 0.2) is 5.16 Å². The van der Waals surface area contributed by atoms with E-state index in [0.29, 0.717) is 5.16 Å². The number of rotatable bonds is 8. The largest absolute Gasteiger partial charge is 0.481 e. The monoisotopic (exact) mass is 291 g/mol. The molecule has 0 fully saturated rings. The Hall–Kier alpha value is -0.890. The van der Waals surface area contributed by atoms with E-state index in [-0.39, 0.29) is 17.5 Å². The number of carbonyl (C=O) groups is 1. The van der Waals surface area contributed by atoms with Gasteiger partial charge < -0.3 is 5.11 Å². The van der Waals surface area contributed by atoms with Crippen LogP contribution < -0.4 is 5.69 Å². The number of hydrogen-bond acceptors (Lipinski definition) is 5. The number of nitrogens with one attached hydrogen (secondary N) is 1. The summed E-state index contributed by atoms with van der Waals surface area (Å²) in [7, 11) is 0. The number of aromatic nitrogens is 3. The summed E-state index contributed by atoms with van der Waals surface area (Å²) in [4.78, 5) is 22.2. The van der Waals surface area contributed by atoms with E-state index >= 15 is 0 Å². The summed E-state index contributed by atoms with van der Waals surface area (Å²) in [5.74, 6) is 1.00. The molecule has 1 aromatic heterocycles. The van der Waals surface area contributed by atoms with Gasteiger partial charge in [-0.25, -0.2) is 9.89 Å². The third-order valence-corrected chi connectivity index (χ3v) is 4.19. The van der Waals surface area contributed by atoms with Gasteiger partial charge in [0, 0.05) is 6.04 Å². The molecular formula is C10H17N3O3S2. The van der Waals surface area contributed by atoms with Crippen LogP contribution in [-0.4, -0.2) is 43.1 Å². The highest BCUT2D eigenvalue weighted by Crippen LogP contribution is 2.20. The van der Waals surface area contributed by atoms with Gasteiger partial charge in [0.25, 0.3) is 0 Å². The van der Waals surface area contributed by atoms with Crippen LogP contribution in [0.5, 0.6) is 0 Å². The molecule has 0 saturated heterocycles. The number of H-pyrrole nitrogens is 1. The maximum Gasteiger partial charge on any atom is 0.344 e. The molecule has 0 aromatic carbocycles.